The van der Waals surface area contributed by atoms with Crippen LogP contribution in [0, 0.1) is 0 Å². The lowest BCUT2D eigenvalue weighted by Gasteiger charge is -2.25. The van der Waals surface area contributed by atoms with Crippen LogP contribution in [0.25, 0.3) is 11.1 Å². The van der Waals surface area contributed by atoms with Gasteiger partial charge in [0.25, 0.3) is 0 Å². The van der Waals surface area contributed by atoms with E-state index in [0.717, 1.165) is 42.0 Å². The van der Waals surface area contributed by atoms with E-state index in [4.69, 9.17) is 10.5 Å². The quantitative estimate of drug-likeness (QED) is 0.775. The van der Waals surface area contributed by atoms with Crippen molar-refractivity contribution >= 4 is 11.9 Å². The molecule has 0 saturated carbocycles. The number of aromatic nitrogens is 4. The largest absolute Gasteiger partial charge is 0.497 e. The first kappa shape index (κ1) is 16.3. The Morgan fingerprint density at radius 3 is 2.81 bits per heavy atom. The average molecular weight is 348 g/mol. The zero-order valence-electron chi connectivity index (χ0n) is 14.5. The Bertz CT molecular complexity index is 902. The van der Waals surface area contributed by atoms with E-state index in [2.05, 4.69) is 24.8 Å². The highest BCUT2D eigenvalue weighted by Gasteiger charge is 2.31. The van der Waals surface area contributed by atoms with Crippen molar-refractivity contribution in [2.75, 3.05) is 24.3 Å². The molecule has 0 spiro atoms. The number of anilines is 2. The third kappa shape index (κ3) is 3.03. The molecule has 2 N–H and O–H groups in total. The molecule has 132 valence electrons. The number of nitrogens with two attached hydrogens (primary N) is 1. The zero-order valence-corrected chi connectivity index (χ0v) is 14.5. The second-order valence-corrected chi connectivity index (χ2v) is 6.16. The zero-order chi connectivity index (χ0) is 17.9. The third-order valence-corrected chi connectivity index (χ3v) is 4.60. The lowest BCUT2D eigenvalue weighted by Crippen LogP contribution is -2.26. The van der Waals surface area contributed by atoms with Crippen LogP contribution in [-0.2, 0) is 0 Å². The van der Waals surface area contributed by atoms with Gasteiger partial charge in [0, 0.05) is 30.7 Å². The number of rotatable bonds is 4. The summed E-state index contributed by atoms with van der Waals surface area (Å²) >= 11 is 0. The maximum absolute atomic E-state index is 5.92. The molecular formula is C19H20N6O. The Labute approximate surface area is 151 Å². The number of nitrogen functional groups attached to an aromatic ring is 1. The standard InChI is InChI=1S/C19H20N6O/c1-26-14-6-2-5-13(11-14)15-12-23-18(20)24-17(15)16-7-3-10-25(16)19-21-8-4-9-22-19/h2,4-6,8-9,11-12,16H,3,7,10H2,1H3,(H2,20,23,24)/t16-/m0/s1. The van der Waals surface area contributed by atoms with E-state index in [9.17, 15) is 0 Å². The first-order chi connectivity index (χ1) is 12.8. The summed E-state index contributed by atoms with van der Waals surface area (Å²) in [6, 6.07) is 9.76. The fourth-order valence-electron chi connectivity index (χ4n) is 3.41. The Morgan fingerprint density at radius 1 is 1.15 bits per heavy atom. The van der Waals surface area contributed by atoms with Gasteiger partial charge in [0.1, 0.15) is 5.75 Å². The average Bonchev–Trinajstić information content (AvgIpc) is 3.18. The summed E-state index contributed by atoms with van der Waals surface area (Å²) in [6.45, 7) is 0.885. The van der Waals surface area contributed by atoms with Crippen LogP contribution in [0.15, 0.2) is 48.9 Å². The Morgan fingerprint density at radius 2 is 2.00 bits per heavy atom. The summed E-state index contributed by atoms with van der Waals surface area (Å²) in [6.07, 6.45) is 7.31. The lowest BCUT2D eigenvalue weighted by molar-refractivity contribution is 0.415. The summed E-state index contributed by atoms with van der Waals surface area (Å²) in [5.74, 6) is 1.77. The predicted molar refractivity (Wildman–Crippen MR) is 99.8 cm³/mol. The van der Waals surface area contributed by atoms with Gasteiger partial charge in [0.15, 0.2) is 0 Å². The van der Waals surface area contributed by atoms with Crippen LogP contribution >= 0.6 is 0 Å². The maximum atomic E-state index is 5.92. The number of hydrogen-bond donors (Lipinski definition) is 1. The number of hydrogen-bond acceptors (Lipinski definition) is 7. The van der Waals surface area contributed by atoms with E-state index in [0.29, 0.717) is 5.95 Å². The van der Waals surface area contributed by atoms with Gasteiger partial charge in [-0.2, -0.15) is 0 Å². The van der Waals surface area contributed by atoms with Crippen LogP contribution in [0.4, 0.5) is 11.9 Å². The van der Waals surface area contributed by atoms with Gasteiger partial charge in [-0.15, -0.1) is 0 Å². The molecule has 7 nitrogen and oxygen atoms in total. The van der Waals surface area contributed by atoms with Gasteiger partial charge < -0.3 is 15.4 Å². The highest BCUT2D eigenvalue weighted by Crippen LogP contribution is 2.38. The van der Waals surface area contributed by atoms with E-state index in [1.54, 1.807) is 25.7 Å². The van der Waals surface area contributed by atoms with Crippen molar-refractivity contribution in [1.29, 1.82) is 0 Å². The van der Waals surface area contributed by atoms with Crippen LogP contribution in [0.1, 0.15) is 24.6 Å². The monoisotopic (exact) mass is 348 g/mol. The Hall–Kier alpha value is -3.22. The van der Waals surface area contributed by atoms with Crippen LogP contribution in [0.5, 0.6) is 5.75 Å². The number of methoxy groups -OCH3 is 1. The molecule has 0 bridgehead atoms. The van der Waals surface area contributed by atoms with Crippen molar-refractivity contribution in [2.45, 2.75) is 18.9 Å². The molecule has 3 heterocycles. The van der Waals surface area contributed by atoms with Crippen molar-refractivity contribution in [2.24, 2.45) is 0 Å². The molecule has 7 heteroatoms. The number of ether oxygens (including phenoxy) is 1. The molecule has 1 aromatic carbocycles. The number of benzene rings is 1. The molecule has 3 aromatic rings. The molecular weight excluding hydrogens is 328 g/mol. The topological polar surface area (TPSA) is 90.0 Å². The van der Waals surface area contributed by atoms with E-state index in [1.165, 1.54) is 0 Å². The highest BCUT2D eigenvalue weighted by atomic mass is 16.5. The van der Waals surface area contributed by atoms with Crippen LogP contribution < -0.4 is 15.4 Å². The van der Waals surface area contributed by atoms with Crippen LogP contribution in [-0.4, -0.2) is 33.6 Å². The van der Waals surface area contributed by atoms with Crippen molar-refractivity contribution in [3.63, 3.8) is 0 Å². The summed E-state index contributed by atoms with van der Waals surface area (Å²) in [5.41, 5.74) is 8.77. The van der Waals surface area contributed by atoms with Gasteiger partial charge in [-0.1, -0.05) is 12.1 Å². The molecule has 4 rings (SSSR count). The predicted octanol–water partition coefficient (Wildman–Crippen LogP) is 2.87. The Balaban J connectivity index is 1.79. The molecule has 1 aliphatic rings. The van der Waals surface area contributed by atoms with E-state index in [1.807, 2.05) is 30.3 Å². The minimum Gasteiger partial charge on any atom is -0.497 e. The second kappa shape index (κ2) is 6.95. The molecule has 0 unspecified atom stereocenters. The first-order valence-corrected chi connectivity index (χ1v) is 8.57. The smallest absolute Gasteiger partial charge is 0.225 e. The van der Waals surface area contributed by atoms with Crippen molar-refractivity contribution in [3.8, 4) is 16.9 Å². The molecule has 2 aromatic heterocycles. The Kier molecular flexibility index (Phi) is 4.35. The molecule has 1 aliphatic heterocycles. The first-order valence-electron chi connectivity index (χ1n) is 8.57. The SMILES string of the molecule is COc1cccc(-c2cnc(N)nc2[C@@H]2CCCN2c2ncccn2)c1. The third-order valence-electron chi connectivity index (χ3n) is 4.60. The molecule has 26 heavy (non-hydrogen) atoms. The summed E-state index contributed by atoms with van der Waals surface area (Å²) in [7, 11) is 1.66. The maximum Gasteiger partial charge on any atom is 0.225 e. The minimum atomic E-state index is 0.0592. The fourth-order valence-corrected chi connectivity index (χ4v) is 3.41. The van der Waals surface area contributed by atoms with Gasteiger partial charge in [0.05, 0.1) is 18.8 Å². The van der Waals surface area contributed by atoms with Gasteiger partial charge in [-0.05, 0) is 36.6 Å². The highest BCUT2D eigenvalue weighted by molar-refractivity contribution is 5.68. The van der Waals surface area contributed by atoms with Crippen LogP contribution in [0.3, 0.4) is 0 Å². The van der Waals surface area contributed by atoms with E-state index >= 15 is 0 Å². The van der Waals surface area contributed by atoms with Crippen molar-refractivity contribution in [1.82, 2.24) is 19.9 Å². The van der Waals surface area contributed by atoms with Gasteiger partial charge >= 0.3 is 0 Å². The molecule has 1 atom stereocenters. The van der Waals surface area contributed by atoms with Crippen molar-refractivity contribution < 1.29 is 4.74 Å². The van der Waals surface area contributed by atoms with Crippen molar-refractivity contribution in [3.05, 3.63) is 54.6 Å². The fraction of sp³-hybridized carbons (Fsp3) is 0.263. The molecule has 0 aliphatic carbocycles. The van der Waals surface area contributed by atoms with Crippen LogP contribution in [0.2, 0.25) is 0 Å². The summed E-state index contributed by atoms with van der Waals surface area (Å²) in [5, 5.41) is 0. The van der Waals surface area contributed by atoms with Gasteiger partial charge in [-0.25, -0.2) is 19.9 Å². The second-order valence-electron chi connectivity index (χ2n) is 6.16. The minimum absolute atomic E-state index is 0.0592. The normalized spacial score (nSPS) is 16.7. The van der Waals surface area contributed by atoms with Gasteiger partial charge in [0.2, 0.25) is 11.9 Å². The summed E-state index contributed by atoms with van der Waals surface area (Å²) in [4.78, 5) is 19.8. The molecule has 0 amide bonds. The van der Waals surface area contributed by atoms with E-state index in [-0.39, 0.29) is 12.0 Å². The molecule has 1 fully saturated rings. The molecule has 1 saturated heterocycles. The molecule has 0 radical (unpaired) electrons. The van der Waals surface area contributed by atoms with Gasteiger partial charge in [-0.3, -0.25) is 0 Å². The summed E-state index contributed by atoms with van der Waals surface area (Å²) < 4.78 is 5.36. The lowest BCUT2D eigenvalue weighted by atomic mass is 9.99. The van der Waals surface area contributed by atoms with E-state index < -0.39 is 0 Å². The number of nitrogens with zero attached hydrogens (tertiary/aromatic N) is 5.